The molecule has 4 rings (SSSR count). The van der Waals surface area contributed by atoms with E-state index in [9.17, 15) is 14.4 Å². The fraction of sp³-hybridized carbons (Fsp3) is 0.455. The second-order valence-corrected chi connectivity index (χ2v) is 9.15. The number of anilines is 1. The first kappa shape index (κ1) is 22.8. The van der Waals surface area contributed by atoms with E-state index in [2.05, 4.69) is 27.3 Å². The smallest absolute Gasteiger partial charge is 0.379 e. The number of aromatic nitrogens is 4. The first-order chi connectivity index (χ1) is 15.8. The Morgan fingerprint density at radius 1 is 1.33 bits per heavy atom. The van der Waals surface area contributed by atoms with Crippen LogP contribution in [0.25, 0.3) is 5.78 Å². The van der Waals surface area contributed by atoms with Crippen molar-refractivity contribution in [2.24, 2.45) is 5.92 Å². The van der Waals surface area contributed by atoms with Gasteiger partial charge in [-0.15, -0.1) is 16.4 Å². The summed E-state index contributed by atoms with van der Waals surface area (Å²) in [5.74, 6) is -1.28. The number of amides is 1. The summed E-state index contributed by atoms with van der Waals surface area (Å²) in [6.45, 7) is 7.39. The summed E-state index contributed by atoms with van der Waals surface area (Å²) in [6.07, 6.45) is 3.01. The van der Waals surface area contributed by atoms with Crippen LogP contribution < -0.4 is 5.32 Å². The van der Waals surface area contributed by atoms with Crippen molar-refractivity contribution in [2.75, 3.05) is 11.9 Å². The lowest BCUT2D eigenvalue weighted by atomic mass is 9.88. The Hall–Kier alpha value is -3.34. The van der Waals surface area contributed by atoms with Crippen molar-refractivity contribution in [3.8, 4) is 0 Å². The van der Waals surface area contributed by atoms with Gasteiger partial charge in [0.2, 0.25) is 0 Å². The maximum atomic E-state index is 12.8. The van der Waals surface area contributed by atoms with Crippen LogP contribution in [-0.4, -0.2) is 50.1 Å². The minimum Gasteiger partial charge on any atom is -0.462 e. The van der Waals surface area contributed by atoms with Gasteiger partial charge in [0.05, 0.1) is 12.2 Å². The average molecular weight is 472 g/mol. The molecular weight excluding hydrogens is 446 g/mol. The topological polar surface area (TPSA) is 125 Å². The Bertz CT molecular complexity index is 1230. The highest BCUT2D eigenvalue weighted by molar-refractivity contribution is 7.17. The fourth-order valence-electron chi connectivity index (χ4n) is 3.73. The molecule has 2 atom stereocenters. The molecule has 0 fully saturated rings. The Labute approximate surface area is 194 Å². The van der Waals surface area contributed by atoms with E-state index in [1.54, 1.807) is 26.1 Å². The monoisotopic (exact) mass is 471 g/mol. The van der Waals surface area contributed by atoms with Crippen molar-refractivity contribution in [1.82, 2.24) is 19.6 Å². The molecule has 0 unspecified atom stereocenters. The maximum Gasteiger partial charge on any atom is 0.379 e. The summed E-state index contributed by atoms with van der Waals surface area (Å²) >= 11 is 1.38. The second-order valence-electron chi connectivity index (χ2n) is 8.05. The number of aryl methyl sites for hydroxylation is 1. The van der Waals surface area contributed by atoms with Crippen LogP contribution in [0, 0.1) is 12.8 Å². The number of carbonyl (C=O) groups excluding carboxylic acids is 3. The Kier molecular flexibility index (Phi) is 6.41. The van der Waals surface area contributed by atoms with Gasteiger partial charge in [-0.25, -0.2) is 19.1 Å². The number of hydrogen-bond acceptors (Lipinski definition) is 9. The molecule has 0 spiro atoms. The third-order valence-corrected chi connectivity index (χ3v) is 6.66. The molecule has 0 radical (unpaired) electrons. The zero-order chi connectivity index (χ0) is 23.7. The molecule has 1 amide bonds. The minimum absolute atomic E-state index is 0.191. The van der Waals surface area contributed by atoms with E-state index >= 15 is 0 Å². The number of esters is 2. The predicted octanol–water partition coefficient (Wildman–Crippen LogP) is 2.98. The SMILES string of the molecule is CCOC(=O)c1c(NC(=O)[C@H](C)OC(=O)c2nc3nccc(C)n3n2)sc2c1CC[C@H](C)C2. The molecule has 3 heterocycles. The van der Waals surface area contributed by atoms with Crippen LogP contribution in [0.4, 0.5) is 5.00 Å². The number of ether oxygens (including phenoxy) is 2. The third-order valence-electron chi connectivity index (χ3n) is 5.49. The van der Waals surface area contributed by atoms with Crippen LogP contribution in [0.2, 0.25) is 0 Å². The van der Waals surface area contributed by atoms with Gasteiger partial charge in [-0.05, 0) is 57.6 Å². The highest BCUT2D eigenvalue weighted by Crippen LogP contribution is 2.40. The van der Waals surface area contributed by atoms with E-state index in [1.807, 2.05) is 0 Å². The molecule has 0 saturated carbocycles. The summed E-state index contributed by atoms with van der Waals surface area (Å²) in [7, 11) is 0. The number of carbonyl (C=O) groups is 3. The van der Waals surface area contributed by atoms with Crippen molar-refractivity contribution >= 4 is 40.0 Å². The number of nitrogens with one attached hydrogen (secondary N) is 1. The summed E-state index contributed by atoms with van der Waals surface area (Å²) < 4.78 is 11.9. The van der Waals surface area contributed by atoms with Gasteiger partial charge in [-0.1, -0.05) is 6.92 Å². The van der Waals surface area contributed by atoms with Gasteiger partial charge < -0.3 is 14.8 Å². The van der Waals surface area contributed by atoms with Crippen LogP contribution in [0.1, 0.15) is 64.3 Å². The van der Waals surface area contributed by atoms with E-state index in [-0.39, 0.29) is 18.2 Å². The largest absolute Gasteiger partial charge is 0.462 e. The molecule has 3 aromatic rings. The summed E-state index contributed by atoms with van der Waals surface area (Å²) in [4.78, 5) is 47.1. The van der Waals surface area contributed by atoms with Gasteiger partial charge in [0, 0.05) is 16.8 Å². The van der Waals surface area contributed by atoms with Gasteiger partial charge >= 0.3 is 11.9 Å². The van der Waals surface area contributed by atoms with Crippen molar-refractivity contribution in [1.29, 1.82) is 0 Å². The first-order valence-electron chi connectivity index (χ1n) is 10.8. The fourth-order valence-corrected chi connectivity index (χ4v) is 5.13. The lowest BCUT2D eigenvalue weighted by molar-refractivity contribution is -0.123. The molecule has 33 heavy (non-hydrogen) atoms. The number of fused-ring (bicyclic) bond motifs is 2. The standard InChI is InChI=1S/C22H25N5O5S/c1-5-31-20(29)16-14-7-6-11(2)10-15(14)33-19(16)25-18(28)13(4)32-21(30)17-24-22-23-9-8-12(3)27(22)26-17/h8-9,11,13H,5-7,10H2,1-4H3,(H,25,28)/t11-,13-/m0/s1. The molecule has 1 aliphatic carbocycles. The molecule has 10 nitrogen and oxygen atoms in total. The van der Waals surface area contributed by atoms with Crippen LogP contribution in [0.5, 0.6) is 0 Å². The molecule has 11 heteroatoms. The zero-order valence-electron chi connectivity index (χ0n) is 18.9. The van der Waals surface area contributed by atoms with Crippen LogP contribution >= 0.6 is 11.3 Å². The molecule has 0 aromatic carbocycles. The van der Waals surface area contributed by atoms with Crippen molar-refractivity contribution < 1.29 is 23.9 Å². The van der Waals surface area contributed by atoms with E-state index in [4.69, 9.17) is 9.47 Å². The number of hydrogen-bond donors (Lipinski definition) is 1. The Balaban J connectivity index is 1.50. The third kappa shape index (κ3) is 4.58. The van der Waals surface area contributed by atoms with Crippen molar-refractivity contribution in [3.05, 3.63) is 39.8 Å². The van der Waals surface area contributed by atoms with Crippen LogP contribution in [0.15, 0.2) is 12.3 Å². The quantitative estimate of drug-likeness (QED) is 0.544. The van der Waals surface area contributed by atoms with Crippen LogP contribution in [-0.2, 0) is 27.1 Å². The normalized spacial score (nSPS) is 16.2. The van der Waals surface area contributed by atoms with Crippen molar-refractivity contribution in [3.63, 3.8) is 0 Å². The Morgan fingerprint density at radius 3 is 2.85 bits per heavy atom. The number of thiophene rings is 1. The van der Waals surface area contributed by atoms with Crippen LogP contribution in [0.3, 0.4) is 0 Å². The Morgan fingerprint density at radius 2 is 2.12 bits per heavy atom. The highest BCUT2D eigenvalue weighted by atomic mass is 32.1. The van der Waals surface area contributed by atoms with Gasteiger partial charge in [0.1, 0.15) is 5.00 Å². The zero-order valence-corrected chi connectivity index (χ0v) is 19.7. The second kappa shape index (κ2) is 9.26. The van der Waals surface area contributed by atoms with E-state index in [1.165, 1.54) is 22.8 Å². The lowest BCUT2D eigenvalue weighted by Gasteiger charge is -2.18. The van der Waals surface area contributed by atoms with Gasteiger partial charge in [0.15, 0.2) is 6.10 Å². The maximum absolute atomic E-state index is 12.8. The summed E-state index contributed by atoms with van der Waals surface area (Å²) in [6, 6.07) is 1.73. The van der Waals surface area contributed by atoms with E-state index < -0.39 is 23.9 Å². The summed E-state index contributed by atoms with van der Waals surface area (Å²) in [5.41, 5.74) is 2.09. The molecule has 0 bridgehead atoms. The molecule has 0 aliphatic heterocycles. The van der Waals surface area contributed by atoms with E-state index in [0.717, 1.165) is 35.4 Å². The van der Waals surface area contributed by atoms with Gasteiger partial charge in [0.25, 0.3) is 17.5 Å². The molecule has 1 N–H and O–H groups in total. The average Bonchev–Trinajstić information content (AvgIpc) is 3.35. The molecule has 1 aliphatic rings. The summed E-state index contributed by atoms with van der Waals surface area (Å²) in [5, 5.41) is 7.27. The number of rotatable bonds is 6. The molecule has 3 aromatic heterocycles. The van der Waals surface area contributed by atoms with Gasteiger partial charge in [-0.2, -0.15) is 4.98 Å². The minimum atomic E-state index is -1.13. The van der Waals surface area contributed by atoms with Gasteiger partial charge in [-0.3, -0.25) is 4.79 Å². The lowest BCUT2D eigenvalue weighted by Crippen LogP contribution is -2.30. The molecular formula is C22H25N5O5S. The molecule has 0 saturated heterocycles. The highest BCUT2D eigenvalue weighted by Gasteiger charge is 2.30. The number of nitrogens with zero attached hydrogens (tertiary/aromatic N) is 4. The molecule has 174 valence electrons. The van der Waals surface area contributed by atoms with Crippen molar-refractivity contribution in [2.45, 2.75) is 53.1 Å². The van der Waals surface area contributed by atoms with E-state index in [0.29, 0.717) is 16.5 Å². The predicted molar refractivity (Wildman–Crippen MR) is 120 cm³/mol. The first-order valence-corrected chi connectivity index (χ1v) is 11.6.